The molecular formula is C12H15ClN4O3. The van der Waals surface area contributed by atoms with Gasteiger partial charge in [0.2, 0.25) is 0 Å². The first-order valence-electron chi connectivity index (χ1n) is 6.20. The maximum absolute atomic E-state index is 12.2. The largest absolute Gasteiger partial charge is 0.345 e. The lowest BCUT2D eigenvalue weighted by atomic mass is 9.95. The molecule has 1 aromatic rings. The van der Waals surface area contributed by atoms with Crippen molar-refractivity contribution >= 4 is 23.2 Å². The van der Waals surface area contributed by atoms with Gasteiger partial charge in [-0.1, -0.05) is 11.6 Å². The first-order chi connectivity index (χ1) is 9.37. The number of aromatic nitrogens is 1. The fourth-order valence-corrected chi connectivity index (χ4v) is 2.25. The third-order valence-electron chi connectivity index (χ3n) is 3.58. The first-order valence-corrected chi connectivity index (χ1v) is 6.57. The standard InChI is InChI=1S/C12H15ClN4O3/c1-12(6-14,7-2-3-7)16-11(18)9-4-8(17(19)20)5-15-10(9)13/h4-5,7H,2-3,6,14H2,1H3,(H,16,18). The number of hydrogen-bond acceptors (Lipinski definition) is 5. The van der Waals surface area contributed by atoms with Crippen LogP contribution >= 0.6 is 11.6 Å². The molecule has 2 rings (SSSR count). The number of nitrogens with one attached hydrogen (secondary N) is 1. The number of nitrogens with two attached hydrogens (primary N) is 1. The van der Waals surface area contributed by atoms with Gasteiger partial charge in [-0.05, 0) is 25.7 Å². The lowest BCUT2D eigenvalue weighted by molar-refractivity contribution is -0.385. The summed E-state index contributed by atoms with van der Waals surface area (Å²) >= 11 is 5.84. The SMILES string of the molecule is CC(CN)(NC(=O)c1cc([N+](=O)[O-])cnc1Cl)C1CC1. The summed E-state index contributed by atoms with van der Waals surface area (Å²) in [6.07, 6.45) is 3.03. The molecular weight excluding hydrogens is 284 g/mol. The highest BCUT2D eigenvalue weighted by atomic mass is 35.5. The zero-order valence-electron chi connectivity index (χ0n) is 10.9. The van der Waals surface area contributed by atoms with Crippen LogP contribution in [0, 0.1) is 16.0 Å². The monoisotopic (exact) mass is 298 g/mol. The van der Waals surface area contributed by atoms with Gasteiger partial charge in [-0.3, -0.25) is 14.9 Å². The first kappa shape index (κ1) is 14.7. The van der Waals surface area contributed by atoms with Gasteiger partial charge >= 0.3 is 0 Å². The van der Waals surface area contributed by atoms with Crippen molar-refractivity contribution in [3.05, 3.63) is 33.1 Å². The summed E-state index contributed by atoms with van der Waals surface area (Å²) in [5, 5.41) is 13.5. The smallest absolute Gasteiger partial charge is 0.288 e. The summed E-state index contributed by atoms with van der Waals surface area (Å²) < 4.78 is 0. The molecule has 0 aliphatic heterocycles. The van der Waals surface area contributed by atoms with E-state index in [-0.39, 0.29) is 16.4 Å². The van der Waals surface area contributed by atoms with E-state index in [1.165, 1.54) is 0 Å². The number of amides is 1. The van der Waals surface area contributed by atoms with E-state index in [1.54, 1.807) is 0 Å². The van der Waals surface area contributed by atoms with E-state index < -0.39 is 16.4 Å². The van der Waals surface area contributed by atoms with E-state index in [1.807, 2.05) is 6.92 Å². The second kappa shape index (κ2) is 5.34. The van der Waals surface area contributed by atoms with Crippen LogP contribution in [0.2, 0.25) is 5.15 Å². The van der Waals surface area contributed by atoms with E-state index in [2.05, 4.69) is 10.3 Å². The van der Waals surface area contributed by atoms with Crippen molar-refractivity contribution in [3.8, 4) is 0 Å². The van der Waals surface area contributed by atoms with Gasteiger partial charge in [-0.25, -0.2) is 4.98 Å². The minimum absolute atomic E-state index is 0.0128. The molecule has 1 aromatic heterocycles. The minimum atomic E-state index is -0.622. The molecule has 1 fully saturated rings. The third kappa shape index (κ3) is 2.88. The fraction of sp³-hybridized carbons (Fsp3) is 0.500. The molecule has 20 heavy (non-hydrogen) atoms. The summed E-state index contributed by atoms with van der Waals surface area (Å²) in [5.41, 5.74) is 4.91. The Balaban J connectivity index is 2.24. The number of pyridine rings is 1. The molecule has 1 aliphatic carbocycles. The highest BCUT2D eigenvalue weighted by molar-refractivity contribution is 6.32. The molecule has 0 saturated heterocycles. The summed E-state index contributed by atoms with van der Waals surface area (Å²) in [5.74, 6) is -0.159. The molecule has 1 heterocycles. The maximum atomic E-state index is 12.2. The highest BCUT2D eigenvalue weighted by Gasteiger charge is 2.42. The van der Waals surface area contributed by atoms with Gasteiger partial charge in [0.05, 0.1) is 16.0 Å². The van der Waals surface area contributed by atoms with Crippen molar-refractivity contribution in [1.29, 1.82) is 0 Å². The van der Waals surface area contributed by atoms with Gasteiger partial charge in [0.15, 0.2) is 0 Å². The molecule has 0 bridgehead atoms. The van der Waals surface area contributed by atoms with E-state index in [0.717, 1.165) is 25.1 Å². The Morgan fingerprint density at radius 2 is 2.35 bits per heavy atom. The fourth-order valence-electron chi connectivity index (χ4n) is 2.06. The molecule has 1 unspecified atom stereocenters. The molecule has 108 valence electrons. The predicted octanol–water partition coefficient (Wildman–Crippen LogP) is 1.50. The number of carbonyl (C=O) groups is 1. The van der Waals surface area contributed by atoms with Crippen LogP contribution in [0.15, 0.2) is 12.3 Å². The number of carbonyl (C=O) groups excluding carboxylic acids is 1. The van der Waals surface area contributed by atoms with Gasteiger partial charge in [-0.15, -0.1) is 0 Å². The van der Waals surface area contributed by atoms with Crippen LogP contribution in [-0.2, 0) is 0 Å². The van der Waals surface area contributed by atoms with E-state index in [4.69, 9.17) is 17.3 Å². The van der Waals surface area contributed by atoms with Crippen molar-refractivity contribution in [2.75, 3.05) is 6.54 Å². The lowest BCUT2D eigenvalue weighted by Gasteiger charge is -2.29. The van der Waals surface area contributed by atoms with Crippen molar-refractivity contribution in [2.24, 2.45) is 11.7 Å². The summed E-state index contributed by atoms with van der Waals surface area (Å²) in [7, 11) is 0. The van der Waals surface area contributed by atoms with E-state index in [0.29, 0.717) is 12.5 Å². The van der Waals surface area contributed by atoms with Gasteiger partial charge in [0.25, 0.3) is 11.6 Å². The van der Waals surface area contributed by atoms with Crippen LogP contribution in [0.5, 0.6) is 0 Å². The summed E-state index contributed by atoms with van der Waals surface area (Å²) in [6.45, 7) is 2.16. The van der Waals surface area contributed by atoms with Crippen molar-refractivity contribution < 1.29 is 9.72 Å². The molecule has 0 aromatic carbocycles. The van der Waals surface area contributed by atoms with Gasteiger partial charge in [0, 0.05) is 12.6 Å². The Bertz CT molecular complexity index is 562. The molecule has 0 spiro atoms. The topological polar surface area (TPSA) is 111 Å². The molecule has 8 heteroatoms. The van der Waals surface area contributed by atoms with E-state index in [9.17, 15) is 14.9 Å². The number of rotatable bonds is 5. The lowest BCUT2D eigenvalue weighted by Crippen LogP contribution is -2.53. The van der Waals surface area contributed by atoms with Crippen LogP contribution in [0.25, 0.3) is 0 Å². The van der Waals surface area contributed by atoms with Crippen molar-refractivity contribution in [3.63, 3.8) is 0 Å². The molecule has 7 nitrogen and oxygen atoms in total. The second-order valence-electron chi connectivity index (χ2n) is 5.14. The average Bonchev–Trinajstić information content (AvgIpc) is 3.23. The Hall–Kier alpha value is -1.73. The third-order valence-corrected chi connectivity index (χ3v) is 3.88. The number of halogens is 1. The summed E-state index contributed by atoms with van der Waals surface area (Å²) in [6, 6.07) is 1.12. The normalized spacial score (nSPS) is 17.4. The molecule has 1 saturated carbocycles. The molecule has 1 atom stereocenters. The van der Waals surface area contributed by atoms with Gasteiger partial charge in [-0.2, -0.15) is 0 Å². The Morgan fingerprint density at radius 3 is 2.85 bits per heavy atom. The average molecular weight is 299 g/mol. The van der Waals surface area contributed by atoms with Crippen LogP contribution in [0.4, 0.5) is 5.69 Å². The molecule has 1 aliphatic rings. The molecule has 0 radical (unpaired) electrons. The Kier molecular flexibility index (Phi) is 3.92. The van der Waals surface area contributed by atoms with Crippen LogP contribution < -0.4 is 11.1 Å². The quantitative estimate of drug-likeness (QED) is 0.486. The maximum Gasteiger partial charge on any atom is 0.288 e. The zero-order valence-corrected chi connectivity index (χ0v) is 11.7. The summed E-state index contributed by atoms with van der Waals surface area (Å²) in [4.78, 5) is 26.0. The zero-order chi connectivity index (χ0) is 14.9. The molecule has 1 amide bonds. The second-order valence-corrected chi connectivity index (χ2v) is 5.50. The predicted molar refractivity (Wildman–Crippen MR) is 73.6 cm³/mol. The Labute approximate surface area is 120 Å². The van der Waals surface area contributed by atoms with Gasteiger partial charge < -0.3 is 11.1 Å². The van der Waals surface area contributed by atoms with Crippen LogP contribution in [0.3, 0.4) is 0 Å². The van der Waals surface area contributed by atoms with E-state index >= 15 is 0 Å². The van der Waals surface area contributed by atoms with Crippen molar-refractivity contribution in [2.45, 2.75) is 25.3 Å². The minimum Gasteiger partial charge on any atom is -0.345 e. The number of nitro groups is 1. The van der Waals surface area contributed by atoms with Crippen molar-refractivity contribution in [1.82, 2.24) is 10.3 Å². The van der Waals surface area contributed by atoms with Crippen LogP contribution in [-0.4, -0.2) is 27.9 Å². The van der Waals surface area contributed by atoms with Crippen LogP contribution in [0.1, 0.15) is 30.1 Å². The highest BCUT2D eigenvalue weighted by Crippen LogP contribution is 2.39. The number of nitrogens with zero attached hydrogens (tertiary/aromatic N) is 2. The molecule has 3 N–H and O–H groups in total. The van der Waals surface area contributed by atoms with Gasteiger partial charge in [0.1, 0.15) is 11.3 Å². The number of hydrogen-bond donors (Lipinski definition) is 2. The Morgan fingerprint density at radius 1 is 1.70 bits per heavy atom.